The predicted molar refractivity (Wildman–Crippen MR) is 64.9 cm³/mol. The second-order valence-corrected chi connectivity index (χ2v) is 4.63. The van der Waals surface area contributed by atoms with Gasteiger partial charge in [-0.15, -0.1) is 0 Å². The molecule has 2 saturated heterocycles. The number of hydrogen-bond acceptors (Lipinski definition) is 4. The Kier molecular flexibility index (Phi) is 2.22. The Balaban J connectivity index is 1.98. The fraction of sp³-hybridized carbons (Fsp3) is 0.417. The number of carbonyl (C=O) groups excluding carboxylic acids is 1. The van der Waals surface area contributed by atoms with E-state index in [1.807, 2.05) is 12.1 Å². The van der Waals surface area contributed by atoms with Crippen LogP contribution in [0.25, 0.3) is 0 Å². The molecule has 1 amide bonds. The summed E-state index contributed by atoms with van der Waals surface area (Å²) in [6, 6.07) is 7.33. The van der Waals surface area contributed by atoms with E-state index in [0.717, 1.165) is 25.2 Å². The molecule has 90 valence electrons. The van der Waals surface area contributed by atoms with Gasteiger partial charge in [-0.1, -0.05) is 0 Å². The maximum Gasteiger partial charge on any atom is 0.415 e. The van der Waals surface area contributed by atoms with Gasteiger partial charge in [-0.3, -0.25) is 4.90 Å². The van der Waals surface area contributed by atoms with Crippen molar-refractivity contribution in [2.45, 2.75) is 12.0 Å². The lowest BCUT2D eigenvalue weighted by Crippen LogP contribution is -2.49. The second-order valence-electron chi connectivity index (χ2n) is 4.63. The molecule has 1 unspecified atom stereocenters. The molecule has 1 aromatic carbocycles. The van der Waals surface area contributed by atoms with Crippen LogP contribution < -0.4 is 16.0 Å². The van der Waals surface area contributed by atoms with E-state index in [4.69, 9.17) is 10.5 Å². The lowest BCUT2D eigenvalue weighted by Gasteiger charge is -2.30. The Labute approximate surface area is 99.5 Å². The Hall–Kier alpha value is -1.75. The van der Waals surface area contributed by atoms with Crippen LogP contribution in [0.3, 0.4) is 0 Å². The second kappa shape index (κ2) is 3.63. The third kappa shape index (κ3) is 1.54. The van der Waals surface area contributed by atoms with Gasteiger partial charge in [0.2, 0.25) is 0 Å². The van der Waals surface area contributed by atoms with E-state index in [-0.39, 0.29) is 11.6 Å². The number of nitrogens with one attached hydrogen (secondary N) is 1. The molecule has 1 spiro atoms. The summed E-state index contributed by atoms with van der Waals surface area (Å²) < 4.78 is 5.20. The molecular formula is C12H15N3O2. The van der Waals surface area contributed by atoms with Crippen LogP contribution in [0.2, 0.25) is 0 Å². The van der Waals surface area contributed by atoms with Gasteiger partial charge >= 0.3 is 6.09 Å². The topological polar surface area (TPSA) is 67.6 Å². The van der Waals surface area contributed by atoms with E-state index in [1.54, 1.807) is 17.0 Å². The maximum atomic E-state index is 11.9. The first-order chi connectivity index (χ1) is 8.21. The van der Waals surface area contributed by atoms with Crippen molar-refractivity contribution in [3.05, 3.63) is 24.3 Å². The average molecular weight is 233 g/mol. The fourth-order valence-corrected chi connectivity index (χ4v) is 2.57. The number of nitrogens with two attached hydrogens (primary N) is 1. The zero-order valence-electron chi connectivity index (χ0n) is 9.48. The van der Waals surface area contributed by atoms with Crippen LogP contribution in [0.5, 0.6) is 0 Å². The zero-order valence-corrected chi connectivity index (χ0v) is 9.48. The lowest BCUT2D eigenvalue weighted by atomic mass is 9.98. The van der Waals surface area contributed by atoms with Crippen LogP contribution in [0.4, 0.5) is 16.2 Å². The molecule has 5 nitrogen and oxygen atoms in total. The molecule has 0 aliphatic carbocycles. The Bertz CT molecular complexity index is 438. The molecule has 0 aromatic heterocycles. The molecule has 3 rings (SSSR count). The summed E-state index contributed by atoms with van der Waals surface area (Å²) in [4.78, 5) is 13.6. The molecule has 1 aromatic rings. The van der Waals surface area contributed by atoms with Gasteiger partial charge in [0.15, 0.2) is 0 Å². The summed E-state index contributed by atoms with van der Waals surface area (Å²) in [6.07, 6.45) is 0.654. The minimum Gasteiger partial charge on any atom is -0.447 e. The third-order valence-electron chi connectivity index (χ3n) is 3.49. The first kappa shape index (κ1) is 10.4. The first-order valence-electron chi connectivity index (χ1n) is 5.75. The quantitative estimate of drug-likeness (QED) is 0.709. The summed E-state index contributed by atoms with van der Waals surface area (Å²) >= 11 is 0. The molecule has 5 heteroatoms. The highest BCUT2D eigenvalue weighted by molar-refractivity contribution is 5.92. The van der Waals surface area contributed by atoms with E-state index >= 15 is 0 Å². The van der Waals surface area contributed by atoms with Crippen molar-refractivity contribution in [2.24, 2.45) is 0 Å². The van der Waals surface area contributed by atoms with Crippen molar-refractivity contribution in [2.75, 3.05) is 30.3 Å². The number of anilines is 2. The van der Waals surface area contributed by atoms with Crippen LogP contribution in [-0.2, 0) is 4.74 Å². The Morgan fingerprint density at radius 2 is 2.12 bits per heavy atom. The molecule has 2 aliphatic heterocycles. The highest BCUT2D eigenvalue weighted by Crippen LogP contribution is 2.35. The Morgan fingerprint density at radius 3 is 2.76 bits per heavy atom. The summed E-state index contributed by atoms with van der Waals surface area (Å²) in [7, 11) is 0. The molecule has 17 heavy (non-hydrogen) atoms. The van der Waals surface area contributed by atoms with Crippen molar-refractivity contribution < 1.29 is 9.53 Å². The fourth-order valence-electron chi connectivity index (χ4n) is 2.57. The van der Waals surface area contributed by atoms with Gasteiger partial charge in [0.25, 0.3) is 0 Å². The van der Waals surface area contributed by atoms with Gasteiger partial charge in [0, 0.05) is 17.9 Å². The summed E-state index contributed by atoms with van der Waals surface area (Å²) in [5, 5.41) is 3.29. The molecule has 2 heterocycles. The van der Waals surface area contributed by atoms with E-state index in [2.05, 4.69) is 5.32 Å². The van der Waals surface area contributed by atoms with Gasteiger partial charge in [0.1, 0.15) is 6.61 Å². The monoisotopic (exact) mass is 233 g/mol. The minimum atomic E-state index is -0.265. The summed E-state index contributed by atoms with van der Waals surface area (Å²) in [5.41, 5.74) is 6.99. The third-order valence-corrected chi connectivity index (χ3v) is 3.49. The molecule has 1 atom stereocenters. The SMILES string of the molecule is Nc1ccc(N2C(=O)OCC23CCNC3)cc1. The number of nitrogen functional groups attached to an aromatic ring is 1. The highest BCUT2D eigenvalue weighted by atomic mass is 16.6. The number of rotatable bonds is 1. The molecule has 0 radical (unpaired) electrons. The zero-order chi connectivity index (χ0) is 11.9. The number of carbonyl (C=O) groups is 1. The van der Waals surface area contributed by atoms with Crippen LogP contribution in [0.15, 0.2) is 24.3 Å². The standard InChI is InChI=1S/C12H15N3O2/c13-9-1-3-10(4-2-9)15-11(16)17-8-12(15)5-6-14-7-12/h1-4,14H,5-8,13H2. The summed E-state index contributed by atoms with van der Waals surface area (Å²) in [6.45, 7) is 2.16. The van der Waals surface area contributed by atoms with E-state index in [0.29, 0.717) is 12.3 Å². The van der Waals surface area contributed by atoms with Gasteiger partial charge in [-0.25, -0.2) is 4.79 Å². The first-order valence-corrected chi connectivity index (χ1v) is 5.75. The van der Waals surface area contributed by atoms with Crippen molar-refractivity contribution in [3.8, 4) is 0 Å². The van der Waals surface area contributed by atoms with Crippen LogP contribution in [0, 0.1) is 0 Å². The van der Waals surface area contributed by atoms with Crippen LogP contribution in [0.1, 0.15) is 6.42 Å². The highest BCUT2D eigenvalue weighted by Gasteiger charge is 2.49. The lowest BCUT2D eigenvalue weighted by molar-refractivity contribution is 0.174. The van der Waals surface area contributed by atoms with Gasteiger partial charge in [-0.05, 0) is 37.2 Å². The van der Waals surface area contributed by atoms with Gasteiger partial charge in [0.05, 0.1) is 5.54 Å². The number of benzene rings is 1. The van der Waals surface area contributed by atoms with E-state index in [1.165, 1.54) is 0 Å². The molecule has 2 fully saturated rings. The van der Waals surface area contributed by atoms with Gasteiger partial charge < -0.3 is 15.8 Å². The number of nitrogens with zero attached hydrogens (tertiary/aromatic N) is 1. The average Bonchev–Trinajstić information content (AvgIpc) is 2.91. The van der Waals surface area contributed by atoms with Crippen molar-refractivity contribution in [3.63, 3.8) is 0 Å². The molecular weight excluding hydrogens is 218 g/mol. The molecule has 0 bridgehead atoms. The number of hydrogen-bond donors (Lipinski definition) is 2. The van der Waals surface area contributed by atoms with Crippen molar-refractivity contribution in [1.29, 1.82) is 0 Å². The van der Waals surface area contributed by atoms with Crippen LogP contribution >= 0.6 is 0 Å². The largest absolute Gasteiger partial charge is 0.447 e. The molecule has 2 aliphatic rings. The number of ether oxygens (including phenoxy) is 1. The number of amides is 1. The normalized spacial score (nSPS) is 27.8. The smallest absolute Gasteiger partial charge is 0.415 e. The van der Waals surface area contributed by atoms with E-state index in [9.17, 15) is 4.79 Å². The van der Waals surface area contributed by atoms with Gasteiger partial charge in [-0.2, -0.15) is 0 Å². The number of cyclic esters (lactones) is 1. The molecule has 0 saturated carbocycles. The maximum absolute atomic E-state index is 11.9. The van der Waals surface area contributed by atoms with Crippen LogP contribution in [-0.4, -0.2) is 31.3 Å². The van der Waals surface area contributed by atoms with Crippen molar-refractivity contribution in [1.82, 2.24) is 5.32 Å². The van der Waals surface area contributed by atoms with Crippen molar-refractivity contribution >= 4 is 17.5 Å². The Morgan fingerprint density at radius 1 is 1.35 bits per heavy atom. The van der Waals surface area contributed by atoms with E-state index < -0.39 is 0 Å². The minimum absolute atomic E-state index is 0.215. The molecule has 3 N–H and O–H groups in total. The predicted octanol–water partition coefficient (Wildman–Crippen LogP) is 0.957. The summed E-state index contributed by atoms with van der Waals surface area (Å²) in [5.74, 6) is 0.